The lowest BCUT2D eigenvalue weighted by molar-refractivity contribution is -0.384. The molecule has 0 aliphatic carbocycles. The number of nitrogens with one attached hydrogen (secondary N) is 1. The van der Waals surface area contributed by atoms with Gasteiger partial charge in [0.05, 0.1) is 29.9 Å². The molecule has 3 aromatic rings. The molecule has 1 N–H and O–H groups in total. The summed E-state index contributed by atoms with van der Waals surface area (Å²) in [6.45, 7) is 0. The van der Waals surface area contributed by atoms with Crippen LogP contribution in [0.2, 0.25) is 0 Å². The fraction of sp³-hybridized carbons (Fsp3) is 0.0526. The van der Waals surface area contributed by atoms with E-state index in [4.69, 9.17) is 13.6 Å². The number of anilines is 1. The molecule has 0 saturated heterocycles. The maximum absolute atomic E-state index is 12.1. The molecule has 28 heavy (non-hydrogen) atoms. The van der Waals surface area contributed by atoms with E-state index in [0.717, 1.165) is 0 Å². The van der Waals surface area contributed by atoms with E-state index in [1.165, 1.54) is 37.6 Å². The van der Waals surface area contributed by atoms with Crippen LogP contribution in [0.5, 0.6) is 5.75 Å². The van der Waals surface area contributed by atoms with Crippen LogP contribution >= 0.6 is 0 Å². The molecule has 0 aliphatic rings. The second-order valence-corrected chi connectivity index (χ2v) is 5.44. The minimum Gasteiger partial charge on any atom is -0.496 e. The lowest BCUT2D eigenvalue weighted by Crippen LogP contribution is -2.12. The molecule has 2 heterocycles. The van der Waals surface area contributed by atoms with Gasteiger partial charge in [-0.3, -0.25) is 20.2 Å². The van der Waals surface area contributed by atoms with Crippen molar-refractivity contribution in [2.75, 3.05) is 12.4 Å². The molecule has 0 spiro atoms. The molecule has 140 valence electrons. The second kappa shape index (κ2) is 7.92. The number of hydrogen-bond donors (Lipinski definition) is 1. The number of amides is 1. The molecule has 0 aliphatic heterocycles. The fourth-order valence-corrected chi connectivity index (χ4v) is 2.39. The van der Waals surface area contributed by atoms with E-state index < -0.39 is 10.8 Å². The Morgan fingerprint density at radius 3 is 2.79 bits per heavy atom. The minimum atomic E-state index is -0.650. The monoisotopic (exact) mass is 379 g/mol. The van der Waals surface area contributed by atoms with E-state index >= 15 is 0 Å². The summed E-state index contributed by atoms with van der Waals surface area (Å²) >= 11 is 0. The first-order chi connectivity index (χ1) is 13.5. The van der Waals surface area contributed by atoms with Gasteiger partial charge in [-0.25, -0.2) is 0 Å². The van der Waals surface area contributed by atoms with Crippen LogP contribution in [-0.2, 0) is 4.79 Å². The number of nitrogens with zero attached hydrogens (tertiary/aromatic N) is 2. The molecule has 0 atom stereocenters. The number of rotatable bonds is 6. The van der Waals surface area contributed by atoms with E-state index in [1.807, 2.05) is 0 Å². The number of carbonyl (C=O) groups excluding carboxylic acids is 1. The summed E-state index contributed by atoms with van der Waals surface area (Å²) in [5.74, 6) is 0.434. The molecule has 0 saturated carbocycles. The fourth-order valence-electron chi connectivity index (χ4n) is 2.39. The van der Waals surface area contributed by atoms with Gasteiger partial charge in [0.15, 0.2) is 5.88 Å². The summed E-state index contributed by atoms with van der Waals surface area (Å²) in [7, 11) is 1.39. The van der Waals surface area contributed by atoms with Crippen molar-refractivity contribution in [1.29, 1.82) is 5.26 Å². The molecule has 0 unspecified atom stereocenters. The molecule has 1 aromatic carbocycles. The molecular weight excluding hydrogens is 366 g/mol. The number of benzene rings is 1. The van der Waals surface area contributed by atoms with E-state index in [-0.39, 0.29) is 28.7 Å². The van der Waals surface area contributed by atoms with Gasteiger partial charge in [-0.2, -0.15) is 5.26 Å². The average molecular weight is 379 g/mol. The van der Waals surface area contributed by atoms with E-state index in [2.05, 4.69) is 5.32 Å². The summed E-state index contributed by atoms with van der Waals surface area (Å²) in [5, 5.41) is 22.6. The Balaban J connectivity index is 1.87. The molecular formula is C19H13N3O6. The average Bonchev–Trinajstić information content (AvgIpc) is 3.37. The number of ether oxygens (including phenoxy) is 1. The first-order valence-corrected chi connectivity index (χ1v) is 7.91. The highest BCUT2D eigenvalue weighted by Gasteiger charge is 2.16. The number of nitro groups is 1. The van der Waals surface area contributed by atoms with Gasteiger partial charge in [-0.15, -0.1) is 0 Å². The lowest BCUT2D eigenvalue weighted by atomic mass is 10.1. The van der Waals surface area contributed by atoms with Crippen LogP contribution < -0.4 is 10.1 Å². The zero-order valence-corrected chi connectivity index (χ0v) is 14.5. The molecule has 0 bridgehead atoms. The zero-order chi connectivity index (χ0) is 20.1. The van der Waals surface area contributed by atoms with Crippen LogP contribution in [0.4, 0.5) is 11.6 Å². The summed E-state index contributed by atoms with van der Waals surface area (Å²) < 4.78 is 15.9. The van der Waals surface area contributed by atoms with Crippen molar-refractivity contribution in [1.82, 2.24) is 0 Å². The van der Waals surface area contributed by atoms with Gasteiger partial charge in [0, 0.05) is 18.2 Å². The van der Waals surface area contributed by atoms with Gasteiger partial charge in [0.2, 0.25) is 0 Å². The topological polar surface area (TPSA) is 132 Å². The van der Waals surface area contributed by atoms with Crippen LogP contribution in [0.25, 0.3) is 17.4 Å². The molecule has 0 fully saturated rings. The van der Waals surface area contributed by atoms with E-state index in [0.29, 0.717) is 11.3 Å². The van der Waals surface area contributed by atoms with Crippen LogP contribution in [0.15, 0.2) is 63.1 Å². The van der Waals surface area contributed by atoms with Crippen molar-refractivity contribution < 1.29 is 23.3 Å². The van der Waals surface area contributed by atoms with Gasteiger partial charge in [-0.05, 0) is 24.3 Å². The second-order valence-electron chi connectivity index (χ2n) is 5.44. The van der Waals surface area contributed by atoms with Crippen molar-refractivity contribution in [2.24, 2.45) is 0 Å². The first-order valence-electron chi connectivity index (χ1n) is 7.91. The van der Waals surface area contributed by atoms with Gasteiger partial charge in [-0.1, -0.05) is 0 Å². The zero-order valence-electron chi connectivity index (χ0n) is 14.5. The van der Waals surface area contributed by atoms with Crippen LogP contribution in [0, 0.1) is 21.4 Å². The Morgan fingerprint density at radius 2 is 2.14 bits per heavy atom. The van der Waals surface area contributed by atoms with Gasteiger partial charge in [0.25, 0.3) is 11.6 Å². The lowest BCUT2D eigenvalue weighted by Gasteiger charge is -2.05. The largest absolute Gasteiger partial charge is 0.496 e. The summed E-state index contributed by atoms with van der Waals surface area (Å²) in [5.41, 5.74) is 0.188. The highest BCUT2D eigenvalue weighted by Crippen LogP contribution is 2.34. The van der Waals surface area contributed by atoms with Crippen molar-refractivity contribution in [3.8, 4) is 23.1 Å². The highest BCUT2D eigenvalue weighted by atomic mass is 16.6. The maximum Gasteiger partial charge on any atom is 0.273 e. The quantitative estimate of drug-likeness (QED) is 0.296. The Hall–Kier alpha value is -4.32. The van der Waals surface area contributed by atoms with Crippen LogP contribution in [0.1, 0.15) is 5.76 Å². The Labute approximate surface area is 158 Å². The number of methoxy groups -OCH3 is 1. The molecule has 9 heteroatoms. The Kier molecular flexibility index (Phi) is 5.23. The van der Waals surface area contributed by atoms with E-state index in [1.54, 1.807) is 30.3 Å². The third kappa shape index (κ3) is 3.91. The standard InChI is InChI=1S/C19H13N3O6/c1-26-17-10-13(22(24)25)4-6-15(17)16-7-5-14(28-16)9-12(11-20)19(23)21-18-3-2-8-27-18/h2-10H,1H3,(H,21,23)/b12-9+. The van der Waals surface area contributed by atoms with Gasteiger partial charge >= 0.3 is 0 Å². The highest BCUT2D eigenvalue weighted by molar-refractivity contribution is 6.09. The third-order valence-electron chi connectivity index (χ3n) is 3.70. The Morgan fingerprint density at radius 1 is 1.32 bits per heavy atom. The number of nitriles is 1. The summed E-state index contributed by atoms with van der Waals surface area (Å²) in [6.07, 6.45) is 2.67. The van der Waals surface area contributed by atoms with Gasteiger partial charge in [0.1, 0.15) is 28.9 Å². The minimum absolute atomic E-state index is 0.117. The summed E-state index contributed by atoms with van der Waals surface area (Å²) in [6, 6.07) is 12.2. The normalized spacial score (nSPS) is 10.9. The molecule has 2 aromatic heterocycles. The SMILES string of the molecule is COc1cc([N+](=O)[O-])ccc1-c1ccc(/C=C(\C#N)C(=O)Nc2ccco2)o1. The van der Waals surface area contributed by atoms with Crippen molar-refractivity contribution >= 4 is 23.6 Å². The van der Waals surface area contributed by atoms with E-state index in [9.17, 15) is 20.2 Å². The number of nitro benzene ring substituents is 1. The number of furan rings is 2. The number of carbonyl (C=O) groups is 1. The number of hydrogen-bond acceptors (Lipinski definition) is 7. The maximum atomic E-state index is 12.1. The molecule has 3 rings (SSSR count). The predicted molar refractivity (Wildman–Crippen MR) is 98.3 cm³/mol. The van der Waals surface area contributed by atoms with Gasteiger partial charge < -0.3 is 13.6 Å². The smallest absolute Gasteiger partial charge is 0.273 e. The molecule has 0 radical (unpaired) electrons. The van der Waals surface area contributed by atoms with Crippen molar-refractivity contribution in [2.45, 2.75) is 0 Å². The molecule has 9 nitrogen and oxygen atoms in total. The molecule has 1 amide bonds. The Bertz CT molecular complexity index is 1090. The van der Waals surface area contributed by atoms with Crippen molar-refractivity contribution in [3.05, 3.63) is 70.2 Å². The summed E-state index contributed by atoms with van der Waals surface area (Å²) in [4.78, 5) is 22.5. The van der Waals surface area contributed by atoms with Crippen LogP contribution in [0.3, 0.4) is 0 Å². The van der Waals surface area contributed by atoms with Crippen LogP contribution in [-0.4, -0.2) is 17.9 Å². The number of non-ortho nitro benzene ring substituents is 1. The third-order valence-corrected chi connectivity index (χ3v) is 3.70. The predicted octanol–water partition coefficient (Wildman–Crippen LogP) is 4.00. The van der Waals surface area contributed by atoms with Crippen molar-refractivity contribution in [3.63, 3.8) is 0 Å². The first kappa shape index (κ1) is 18.5.